The number of amides is 1. The summed E-state index contributed by atoms with van der Waals surface area (Å²) < 4.78 is 37.9. The maximum absolute atomic E-state index is 13.0. The van der Waals surface area contributed by atoms with Crippen LogP contribution in [0.1, 0.15) is 19.8 Å². The smallest absolute Gasteiger partial charge is 0.336 e. The van der Waals surface area contributed by atoms with Crippen molar-refractivity contribution in [2.75, 3.05) is 20.1 Å². The number of rotatable bonds is 6. The number of nitrogens with zero attached hydrogens (tertiary/aromatic N) is 1. The van der Waals surface area contributed by atoms with Gasteiger partial charge in [-0.3, -0.25) is 4.79 Å². The Morgan fingerprint density at radius 1 is 1.21 bits per heavy atom. The number of halogens is 1. The molecule has 0 bridgehead atoms. The van der Waals surface area contributed by atoms with E-state index in [2.05, 4.69) is 4.72 Å². The zero-order valence-corrected chi connectivity index (χ0v) is 20.4. The molecule has 10 heteroatoms. The number of hydrogen-bond donors (Lipinski definition) is 1. The van der Waals surface area contributed by atoms with Crippen LogP contribution in [0.3, 0.4) is 0 Å². The number of fused-ring (bicyclic) bond motifs is 1. The van der Waals surface area contributed by atoms with Crippen LogP contribution in [0.15, 0.2) is 57.7 Å². The van der Waals surface area contributed by atoms with Gasteiger partial charge in [0.1, 0.15) is 11.3 Å². The maximum Gasteiger partial charge on any atom is 0.336 e. The molecule has 4 rings (SSSR count). The van der Waals surface area contributed by atoms with Gasteiger partial charge in [-0.05, 0) is 45.0 Å². The number of piperidine rings is 1. The molecular weight excluding hydrogens is 480 g/mol. The summed E-state index contributed by atoms with van der Waals surface area (Å²) in [5.41, 5.74) is 1.11. The number of ether oxygens (including phenoxy) is 1. The van der Waals surface area contributed by atoms with Crippen LogP contribution in [-0.4, -0.2) is 50.7 Å². The zero-order valence-electron chi connectivity index (χ0n) is 18.8. The molecule has 180 valence electrons. The number of carbonyl (C=O) groups is 1. The Kier molecular flexibility index (Phi) is 6.97. The summed E-state index contributed by atoms with van der Waals surface area (Å²) in [6, 6.07) is 13.6. The van der Waals surface area contributed by atoms with Gasteiger partial charge >= 0.3 is 5.63 Å². The summed E-state index contributed by atoms with van der Waals surface area (Å²) in [6.45, 7) is 2.19. The highest BCUT2D eigenvalue weighted by Gasteiger charge is 2.33. The summed E-state index contributed by atoms with van der Waals surface area (Å²) in [5.74, 6) is 0.0478. The van der Waals surface area contributed by atoms with Crippen molar-refractivity contribution in [3.63, 3.8) is 0 Å². The Labute approximate surface area is 202 Å². The van der Waals surface area contributed by atoms with Gasteiger partial charge in [0, 0.05) is 46.8 Å². The lowest BCUT2D eigenvalue weighted by Crippen LogP contribution is -2.50. The molecule has 0 saturated carbocycles. The molecule has 2 aromatic carbocycles. The van der Waals surface area contributed by atoms with Crippen molar-refractivity contribution in [1.29, 1.82) is 0 Å². The Morgan fingerprint density at radius 3 is 2.71 bits per heavy atom. The van der Waals surface area contributed by atoms with E-state index in [1.807, 2.05) is 18.2 Å². The van der Waals surface area contributed by atoms with Gasteiger partial charge in [-0.2, -0.15) is 0 Å². The van der Waals surface area contributed by atoms with Gasteiger partial charge in [0.25, 0.3) is 5.91 Å². The highest BCUT2D eigenvalue weighted by atomic mass is 35.5. The molecule has 0 spiro atoms. The number of likely N-dealkylation sites (tertiary alicyclic amines) is 1. The van der Waals surface area contributed by atoms with Crippen LogP contribution in [0.2, 0.25) is 5.02 Å². The van der Waals surface area contributed by atoms with Crippen LogP contribution in [0, 0.1) is 0 Å². The van der Waals surface area contributed by atoms with E-state index in [4.69, 9.17) is 20.8 Å². The molecule has 2 atom stereocenters. The van der Waals surface area contributed by atoms with Crippen LogP contribution < -0.4 is 15.1 Å². The molecule has 1 saturated heterocycles. The third kappa shape index (κ3) is 4.96. The van der Waals surface area contributed by atoms with Crippen molar-refractivity contribution in [3.8, 4) is 16.9 Å². The first-order chi connectivity index (χ1) is 16.2. The monoisotopic (exact) mass is 504 g/mol. The SMILES string of the molecule is CNS(=O)(=O)C1CCCN(C(=O)C(C)Oc2ccc3c(-c4ccccc4Cl)cc(=O)oc3c2)C1. The zero-order chi connectivity index (χ0) is 24.5. The molecule has 0 radical (unpaired) electrons. The second-order valence-electron chi connectivity index (χ2n) is 8.17. The van der Waals surface area contributed by atoms with Gasteiger partial charge in [0.05, 0.1) is 5.25 Å². The predicted octanol–water partition coefficient (Wildman–Crippen LogP) is 3.42. The lowest BCUT2D eigenvalue weighted by Gasteiger charge is -2.33. The van der Waals surface area contributed by atoms with Crippen LogP contribution in [0.5, 0.6) is 5.75 Å². The molecule has 1 fully saturated rings. The van der Waals surface area contributed by atoms with Crippen molar-refractivity contribution in [2.45, 2.75) is 31.1 Å². The third-order valence-electron chi connectivity index (χ3n) is 5.95. The highest BCUT2D eigenvalue weighted by Crippen LogP contribution is 2.34. The van der Waals surface area contributed by atoms with Gasteiger partial charge < -0.3 is 14.1 Å². The van der Waals surface area contributed by atoms with E-state index in [1.54, 1.807) is 31.2 Å². The molecule has 1 aromatic heterocycles. The minimum atomic E-state index is -3.47. The second kappa shape index (κ2) is 9.77. The minimum absolute atomic E-state index is 0.115. The summed E-state index contributed by atoms with van der Waals surface area (Å²) >= 11 is 6.33. The van der Waals surface area contributed by atoms with Gasteiger partial charge in [0.15, 0.2) is 6.10 Å². The van der Waals surface area contributed by atoms with E-state index in [-0.39, 0.29) is 12.5 Å². The number of sulfonamides is 1. The Bertz CT molecular complexity index is 1390. The first-order valence-electron chi connectivity index (χ1n) is 10.9. The van der Waals surface area contributed by atoms with Crippen LogP contribution in [-0.2, 0) is 14.8 Å². The fourth-order valence-electron chi connectivity index (χ4n) is 4.19. The van der Waals surface area contributed by atoms with E-state index < -0.39 is 27.0 Å². The van der Waals surface area contributed by atoms with Crippen LogP contribution in [0.25, 0.3) is 22.1 Å². The van der Waals surface area contributed by atoms with Crippen molar-refractivity contribution < 1.29 is 22.4 Å². The van der Waals surface area contributed by atoms with E-state index in [1.165, 1.54) is 18.0 Å². The van der Waals surface area contributed by atoms with Crippen molar-refractivity contribution in [2.24, 2.45) is 0 Å². The number of carbonyl (C=O) groups excluding carboxylic acids is 1. The van der Waals surface area contributed by atoms with E-state index in [9.17, 15) is 18.0 Å². The molecule has 2 heterocycles. The number of hydrogen-bond acceptors (Lipinski definition) is 6. The Morgan fingerprint density at radius 2 is 1.97 bits per heavy atom. The minimum Gasteiger partial charge on any atom is -0.481 e. The molecule has 34 heavy (non-hydrogen) atoms. The lowest BCUT2D eigenvalue weighted by molar-refractivity contribution is -0.138. The van der Waals surface area contributed by atoms with Crippen molar-refractivity contribution >= 4 is 38.5 Å². The first-order valence-corrected chi connectivity index (χ1v) is 12.8. The van der Waals surface area contributed by atoms with Crippen LogP contribution in [0.4, 0.5) is 0 Å². The average molecular weight is 505 g/mol. The van der Waals surface area contributed by atoms with E-state index in [0.717, 1.165) is 0 Å². The standard InChI is InChI=1S/C24H25ClN2O6S/c1-15(24(29)27-11-5-6-17(14-27)34(30,31)26-2)32-16-9-10-19-20(13-23(28)33-22(19)12-16)18-7-3-4-8-21(18)25/h3-4,7-10,12-13,15,17,26H,5-6,11,14H2,1-2H3. The van der Waals surface area contributed by atoms with Gasteiger partial charge in [-0.1, -0.05) is 29.8 Å². The normalized spacial score (nSPS) is 17.5. The van der Waals surface area contributed by atoms with Crippen molar-refractivity contribution in [1.82, 2.24) is 9.62 Å². The Hall–Kier alpha value is -2.88. The fraction of sp³-hybridized carbons (Fsp3) is 0.333. The molecule has 3 aromatic rings. The van der Waals surface area contributed by atoms with Gasteiger partial charge in [-0.15, -0.1) is 0 Å². The molecule has 0 aliphatic carbocycles. The average Bonchev–Trinajstić information content (AvgIpc) is 2.83. The molecule has 1 aliphatic rings. The molecule has 1 aliphatic heterocycles. The molecule has 2 unspecified atom stereocenters. The molecular formula is C24H25ClN2O6S. The third-order valence-corrected chi connectivity index (χ3v) is 8.11. The highest BCUT2D eigenvalue weighted by molar-refractivity contribution is 7.90. The molecule has 8 nitrogen and oxygen atoms in total. The quantitative estimate of drug-likeness (QED) is 0.515. The molecule has 1 N–H and O–H groups in total. The largest absolute Gasteiger partial charge is 0.481 e. The van der Waals surface area contributed by atoms with Crippen molar-refractivity contribution in [3.05, 3.63) is 64.0 Å². The maximum atomic E-state index is 13.0. The van der Waals surface area contributed by atoms with E-state index in [0.29, 0.717) is 52.3 Å². The van der Waals surface area contributed by atoms with E-state index >= 15 is 0 Å². The summed E-state index contributed by atoms with van der Waals surface area (Å²) in [4.78, 5) is 26.7. The summed E-state index contributed by atoms with van der Waals surface area (Å²) in [6.07, 6.45) is 0.238. The summed E-state index contributed by atoms with van der Waals surface area (Å²) in [7, 11) is -2.09. The fourth-order valence-corrected chi connectivity index (χ4v) is 5.61. The van der Waals surface area contributed by atoms with Gasteiger partial charge in [-0.25, -0.2) is 17.9 Å². The summed E-state index contributed by atoms with van der Waals surface area (Å²) in [5, 5.41) is 0.532. The molecule has 1 amide bonds. The topological polar surface area (TPSA) is 106 Å². The number of benzene rings is 2. The lowest BCUT2D eigenvalue weighted by atomic mass is 10.0. The second-order valence-corrected chi connectivity index (χ2v) is 10.7. The number of nitrogens with one attached hydrogen (secondary N) is 1. The Balaban J connectivity index is 1.56. The van der Waals surface area contributed by atoms with Crippen LogP contribution >= 0.6 is 11.6 Å². The first kappa shape index (κ1) is 24.3. The predicted molar refractivity (Wildman–Crippen MR) is 131 cm³/mol. The van der Waals surface area contributed by atoms with Gasteiger partial charge in [0.2, 0.25) is 10.0 Å².